The van der Waals surface area contributed by atoms with Gasteiger partial charge in [-0.15, -0.1) is 0 Å². The minimum atomic E-state index is -1.14. The van der Waals surface area contributed by atoms with Crippen molar-refractivity contribution in [2.24, 2.45) is 10.7 Å². The van der Waals surface area contributed by atoms with Crippen molar-refractivity contribution in [3.8, 4) is 12.1 Å². The van der Waals surface area contributed by atoms with Crippen LogP contribution in [0.4, 0.5) is 4.39 Å². The molecular weight excluding hydrogens is 345 g/mol. The van der Waals surface area contributed by atoms with Crippen LogP contribution in [0.5, 0.6) is 0 Å². The third kappa shape index (κ3) is 2.90. The van der Waals surface area contributed by atoms with Crippen molar-refractivity contribution in [2.45, 2.75) is 18.4 Å². The standard InChI is InChI=1S/C20H16FN5O/c1-20(15-5-3-4-12(8-15)10-22)17(18(27)26(2)19(24)25-20)13-6-7-14(11-23)16(21)9-13/h3-9,17H,1-2H3,(H2,24,25)/t17-,20-/m1/s1. The van der Waals surface area contributed by atoms with Crippen molar-refractivity contribution >= 4 is 11.9 Å². The third-order valence-electron chi connectivity index (χ3n) is 4.85. The predicted octanol–water partition coefficient (Wildman–Crippen LogP) is 2.35. The molecule has 1 aliphatic rings. The second-order valence-corrected chi connectivity index (χ2v) is 6.49. The van der Waals surface area contributed by atoms with E-state index < -0.39 is 17.3 Å². The fraction of sp³-hybridized carbons (Fsp3) is 0.200. The molecule has 2 N–H and O–H groups in total. The molecule has 1 amide bonds. The summed E-state index contributed by atoms with van der Waals surface area (Å²) in [5.74, 6) is -1.89. The van der Waals surface area contributed by atoms with Gasteiger partial charge in [0.1, 0.15) is 17.4 Å². The lowest BCUT2D eigenvalue weighted by Gasteiger charge is -2.41. The molecule has 3 rings (SSSR count). The van der Waals surface area contributed by atoms with E-state index in [1.165, 1.54) is 24.1 Å². The fourth-order valence-electron chi connectivity index (χ4n) is 3.33. The molecule has 1 aliphatic heterocycles. The number of nitrogens with two attached hydrogens (primary N) is 1. The smallest absolute Gasteiger partial charge is 0.239 e. The van der Waals surface area contributed by atoms with Crippen LogP contribution in [-0.2, 0) is 10.3 Å². The Morgan fingerprint density at radius 2 is 1.96 bits per heavy atom. The Hall–Kier alpha value is -3.71. The summed E-state index contributed by atoms with van der Waals surface area (Å²) in [4.78, 5) is 18.8. The average molecular weight is 361 g/mol. The maximum absolute atomic E-state index is 14.2. The van der Waals surface area contributed by atoms with Crippen LogP contribution >= 0.6 is 0 Å². The number of rotatable bonds is 2. The largest absolute Gasteiger partial charge is 0.369 e. The Bertz CT molecular complexity index is 1050. The second kappa shape index (κ2) is 6.54. The molecule has 0 aliphatic carbocycles. The van der Waals surface area contributed by atoms with Crippen molar-refractivity contribution in [1.82, 2.24) is 4.90 Å². The van der Waals surface area contributed by atoms with Crippen LogP contribution in [0.2, 0.25) is 0 Å². The second-order valence-electron chi connectivity index (χ2n) is 6.49. The van der Waals surface area contributed by atoms with Gasteiger partial charge in [0.05, 0.1) is 23.1 Å². The molecule has 0 bridgehead atoms. The highest BCUT2D eigenvalue weighted by atomic mass is 19.1. The van der Waals surface area contributed by atoms with E-state index in [2.05, 4.69) is 11.1 Å². The van der Waals surface area contributed by atoms with Crippen LogP contribution in [0.25, 0.3) is 0 Å². The molecule has 27 heavy (non-hydrogen) atoms. The van der Waals surface area contributed by atoms with Gasteiger partial charge in [-0.1, -0.05) is 18.2 Å². The van der Waals surface area contributed by atoms with Gasteiger partial charge in [-0.3, -0.25) is 9.69 Å². The molecular formula is C20H16FN5O. The van der Waals surface area contributed by atoms with E-state index >= 15 is 0 Å². The van der Waals surface area contributed by atoms with E-state index in [1.54, 1.807) is 43.3 Å². The highest BCUT2D eigenvalue weighted by Gasteiger charge is 2.47. The van der Waals surface area contributed by atoms with Crippen molar-refractivity contribution in [3.05, 3.63) is 70.5 Å². The van der Waals surface area contributed by atoms with Gasteiger partial charge in [0.2, 0.25) is 5.91 Å². The quantitative estimate of drug-likeness (QED) is 0.886. The minimum absolute atomic E-state index is 0.0372. The van der Waals surface area contributed by atoms with E-state index in [0.717, 1.165) is 0 Å². The number of nitrogens with zero attached hydrogens (tertiary/aromatic N) is 4. The molecule has 134 valence electrons. The molecule has 0 aromatic heterocycles. The third-order valence-corrected chi connectivity index (χ3v) is 4.85. The number of carbonyl (C=O) groups excluding carboxylic acids is 1. The van der Waals surface area contributed by atoms with E-state index in [9.17, 15) is 14.4 Å². The van der Waals surface area contributed by atoms with Crippen LogP contribution < -0.4 is 5.73 Å². The van der Waals surface area contributed by atoms with Crippen molar-refractivity contribution < 1.29 is 9.18 Å². The molecule has 6 nitrogen and oxygen atoms in total. The summed E-state index contributed by atoms with van der Waals surface area (Å²) in [6.07, 6.45) is 0. The minimum Gasteiger partial charge on any atom is -0.369 e. The lowest BCUT2D eigenvalue weighted by Crippen LogP contribution is -2.52. The Labute approximate surface area is 156 Å². The SMILES string of the molecule is CN1C(=O)[C@@H](c2ccc(C#N)c(F)c2)[C@@](C)(c2cccc(C#N)c2)N=C1N. The predicted molar refractivity (Wildman–Crippen MR) is 96.8 cm³/mol. The highest BCUT2D eigenvalue weighted by Crippen LogP contribution is 2.44. The normalized spacial score (nSPS) is 22.0. The van der Waals surface area contributed by atoms with Gasteiger partial charge in [0.25, 0.3) is 0 Å². The van der Waals surface area contributed by atoms with Gasteiger partial charge in [0.15, 0.2) is 5.96 Å². The topological polar surface area (TPSA) is 106 Å². The van der Waals surface area contributed by atoms with Crippen LogP contribution in [0, 0.1) is 28.5 Å². The molecule has 0 unspecified atom stereocenters. The fourth-order valence-corrected chi connectivity index (χ4v) is 3.33. The summed E-state index contributed by atoms with van der Waals surface area (Å²) in [5, 5.41) is 18.2. The zero-order valence-corrected chi connectivity index (χ0v) is 14.8. The number of amides is 1. The summed E-state index contributed by atoms with van der Waals surface area (Å²) in [6, 6.07) is 14.6. The number of carbonyl (C=O) groups is 1. The van der Waals surface area contributed by atoms with Crippen molar-refractivity contribution in [2.75, 3.05) is 7.05 Å². The number of hydrogen-bond acceptors (Lipinski definition) is 5. The first-order chi connectivity index (χ1) is 12.8. The highest BCUT2D eigenvalue weighted by molar-refractivity contribution is 6.02. The summed E-state index contributed by atoms with van der Waals surface area (Å²) in [7, 11) is 1.50. The van der Waals surface area contributed by atoms with E-state index in [-0.39, 0.29) is 17.4 Å². The summed E-state index contributed by atoms with van der Waals surface area (Å²) >= 11 is 0. The Balaban J connectivity index is 2.25. The van der Waals surface area contributed by atoms with E-state index in [4.69, 9.17) is 11.0 Å². The number of aliphatic imine (C=N–C) groups is 1. The Kier molecular flexibility index (Phi) is 4.39. The first kappa shape index (κ1) is 18.1. The number of hydrogen-bond donors (Lipinski definition) is 1. The Morgan fingerprint density at radius 3 is 2.59 bits per heavy atom. The van der Waals surface area contributed by atoms with Crippen LogP contribution in [0.3, 0.4) is 0 Å². The molecule has 2 aromatic rings. The molecule has 0 saturated carbocycles. The number of halogens is 1. The maximum atomic E-state index is 14.2. The zero-order chi connectivity index (χ0) is 19.8. The summed E-state index contributed by atoms with van der Waals surface area (Å²) < 4.78 is 14.2. The maximum Gasteiger partial charge on any atom is 0.239 e. The van der Waals surface area contributed by atoms with Crippen LogP contribution in [-0.4, -0.2) is 23.8 Å². The molecule has 0 saturated heterocycles. The monoisotopic (exact) mass is 361 g/mol. The van der Waals surface area contributed by atoms with Gasteiger partial charge >= 0.3 is 0 Å². The molecule has 2 atom stereocenters. The number of guanidine groups is 1. The number of benzene rings is 2. The van der Waals surface area contributed by atoms with Gasteiger partial charge in [-0.25, -0.2) is 9.38 Å². The van der Waals surface area contributed by atoms with Crippen LogP contribution in [0.1, 0.15) is 35.1 Å². The van der Waals surface area contributed by atoms with Crippen molar-refractivity contribution in [1.29, 1.82) is 10.5 Å². The van der Waals surface area contributed by atoms with Crippen LogP contribution in [0.15, 0.2) is 47.5 Å². The van der Waals surface area contributed by atoms with Crippen molar-refractivity contribution in [3.63, 3.8) is 0 Å². The molecule has 0 fully saturated rings. The summed E-state index contributed by atoms with van der Waals surface area (Å²) in [6.45, 7) is 1.72. The van der Waals surface area contributed by atoms with E-state index in [0.29, 0.717) is 16.7 Å². The molecule has 0 spiro atoms. The first-order valence-electron chi connectivity index (χ1n) is 8.15. The average Bonchev–Trinajstić information content (AvgIpc) is 2.66. The lowest BCUT2D eigenvalue weighted by molar-refractivity contribution is -0.130. The first-order valence-corrected chi connectivity index (χ1v) is 8.15. The molecule has 1 heterocycles. The Morgan fingerprint density at radius 1 is 1.22 bits per heavy atom. The number of likely N-dealkylation sites (N-methyl/N-ethyl adjacent to an activating group) is 1. The van der Waals surface area contributed by atoms with Gasteiger partial charge in [-0.05, 0) is 42.3 Å². The molecule has 7 heteroatoms. The number of nitriles is 2. The van der Waals surface area contributed by atoms with Gasteiger partial charge in [0, 0.05) is 7.05 Å². The zero-order valence-electron chi connectivity index (χ0n) is 14.8. The van der Waals surface area contributed by atoms with E-state index in [1.807, 2.05) is 0 Å². The lowest BCUT2D eigenvalue weighted by atomic mass is 9.74. The molecule has 2 aromatic carbocycles. The molecule has 0 radical (unpaired) electrons. The van der Waals surface area contributed by atoms with Gasteiger partial charge < -0.3 is 5.73 Å². The van der Waals surface area contributed by atoms with Gasteiger partial charge in [-0.2, -0.15) is 10.5 Å². The summed E-state index contributed by atoms with van der Waals surface area (Å²) in [5.41, 5.74) is 6.10.